The van der Waals surface area contributed by atoms with Gasteiger partial charge in [0.05, 0.1) is 7.11 Å². The van der Waals surface area contributed by atoms with Crippen LogP contribution in [-0.2, 0) is 0 Å². The molecule has 0 radical (unpaired) electrons. The van der Waals surface area contributed by atoms with Gasteiger partial charge < -0.3 is 10.5 Å². The van der Waals surface area contributed by atoms with Crippen LogP contribution in [0.1, 0.15) is 22.8 Å². The van der Waals surface area contributed by atoms with Gasteiger partial charge in [-0.2, -0.15) is 0 Å². The monoisotopic (exact) mass is 179 g/mol. The van der Waals surface area contributed by atoms with Crippen LogP contribution in [0.3, 0.4) is 0 Å². The first kappa shape index (κ1) is 9.58. The molecule has 0 amide bonds. The number of anilines is 1. The highest BCUT2D eigenvalue weighted by Crippen LogP contribution is 2.26. The molecule has 70 valence electrons. The van der Waals surface area contributed by atoms with Gasteiger partial charge in [0, 0.05) is 16.8 Å². The van der Waals surface area contributed by atoms with Crippen LogP contribution in [0.5, 0.6) is 5.75 Å². The summed E-state index contributed by atoms with van der Waals surface area (Å²) in [6.45, 7) is 3.32. The Morgan fingerprint density at radius 1 is 1.46 bits per heavy atom. The lowest BCUT2D eigenvalue weighted by Crippen LogP contribution is -2.03. The number of nitrogen functional groups attached to an aromatic ring is 1. The first-order chi connectivity index (χ1) is 6.07. The Kier molecular flexibility index (Phi) is 2.56. The number of nitrogens with two attached hydrogens (primary N) is 1. The molecule has 13 heavy (non-hydrogen) atoms. The van der Waals surface area contributed by atoms with Crippen LogP contribution in [0, 0.1) is 6.92 Å². The minimum atomic E-state index is -0.0334. The Balaban J connectivity index is 3.38. The summed E-state index contributed by atoms with van der Waals surface area (Å²) in [4.78, 5) is 11.2. The maximum absolute atomic E-state index is 11.2. The molecule has 1 aromatic carbocycles. The van der Waals surface area contributed by atoms with Crippen molar-refractivity contribution in [2.75, 3.05) is 12.8 Å². The Hall–Kier alpha value is -1.51. The first-order valence-corrected chi connectivity index (χ1v) is 4.02. The maximum atomic E-state index is 11.2. The van der Waals surface area contributed by atoms with E-state index in [-0.39, 0.29) is 5.78 Å². The largest absolute Gasteiger partial charge is 0.496 e. The normalized spacial score (nSPS) is 9.77. The third-order valence-corrected chi connectivity index (χ3v) is 2.02. The van der Waals surface area contributed by atoms with Gasteiger partial charge in [-0.3, -0.25) is 4.79 Å². The number of hydrogen-bond donors (Lipinski definition) is 1. The van der Waals surface area contributed by atoms with Crippen molar-refractivity contribution in [2.24, 2.45) is 0 Å². The maximum Gasteiger partial charge on any atom is 0.162 e. The zero-order valence-corrected chi connectivity index (χ0v) is 8.05. The van der Waals surface area contributed by atoms with Crippen molar-refractivity contribution in [3.63, 3.8) is 0 Å². The summed E-state index contributed by atoms with van der Waals surface area (Å²) >= 11 is 0. The van der Waals surface area contributed by atoms with Gasteiger partial charge in [0.15, 0.2) is 5.78 Å². The van der Waals surface area contributed by atoms with Gasteiger partial charge in [0.2, 0.25) is 0 Å². The van der Waals surface area contributed by atoms with E-state index in [2.05, 4.69) is 0 Å². The standard InChI is InChI=1S/C10H13NO2/c1-6-9(13-3)5-4-8(11)10(6)7(2)12/h4-5H,11H2,1-3H3. The van der Waals surface area contributed by atoms with Crippen molar-refractivity contribution < 1.29 is 9.53 Å². The van der Waals surface area contributed by atoms with Gasteiger partial charge in [-0.05, 0) is 26.0 Å². The zero-order valence-electron chi connectivity index (χ0n) is 8.05. The van der Waals surface area contributed by atoms with E-state index < -0.39 is 0 Å². The van der Waals surface area contributed by atoms with E-state index in [1.165, 1.54) is 6.92 Å². The number of carbonyl (C=O) groups excluding carboxylic acids is 1. The Morgan fingerprint density at radius 2 is 2.08 bits per heavy atom. The molecule has 0 spiro atoms. The summed E-state index contributed by atoms with van der Waals surface area (Å²) in [5.74, 6) is 0.660. The number of hydrogen-bond acceptors (Lipinski definition) is 3. The molecule has 0 aliphatic rings. The molecule has 0 aliphatic heterocycles. The first-order valence-electron chi connectivity index (χ1n) is 4.02. The molecule has 0 heterocycles. The van der Waals surface area contributed by atoms with Gasteiger partial charge in [-0.1, -0.05) is 0 Å². The fraction of sp³-hybridized carbons (Fsp3) is 0.300. The summed E-state index contributed by atoms with van der Waals surface area (Å²) in [7, 11) is 1.57. The Labute approximate surface area is 77.5 Å². The van der Waals surface area contributed by atoms with Crippen LogP contribution >= 0.6 is 0 Å². The minimum Gasteiger partial charge on any atom is -0.496 e. The van der Waals surface area contributed by atoms with Crippen LogP contribution < -0.4 is 10.5 Å². The fourth-order valence-corrected chi connectivity index (χ4v) is 1.40. The van der Waals surface area contributed by atoms with Crippen molar-refractivity contribution in [2.45, 2.75) is 13.8 Å². The van der Waals surface area contributed by atoms with Gasteiger partial charge in [0.1, 0.15) is 5.75 Å². The number of rotatable bonds is 2. The summed E-state index contributed by atoms with van der Waals surface area (Å²) in [5, 5.41) is 0. The molecule has 0 atom stereocenters. The second kappa shape index (κ2) is 3.47. The van der Waals surface area contributed by atoms with E-state index in [1.54, 1.807) is 19.2 Å². The molecule has 0 bridgehead atoms. The van der Waals surface area contributed by atoms with E-state index in [4.69, 9.17) is 10.5 Å². The molecule has 2 N–H and O–H groups in total. The smallest absolute Gasteiger partial charge is 0.162 e. The third-order valence-electron chi connectivity index (χ3n) is 2.02. The average molecular weight is 179 g/mol. The second-order valence-corrected chi connectivity index (χ2v) is 2.91. The van der Waals surface area contributed by atoms with E-state index >= 15 is 0 Å². The Bertz CT molecular complexity index is 345. The SMILES string of the molecule is COc1ccc(N)c(C(C)=O)c1C. The minimum absolute atomic E-state index is 0.0334. The summed E-state index contributed by atoms with van der Waals surface area (Å²) in [5.41, 5.74) is 7.53. The lowest BCUT2D eigenvalue weighted by atomic mass is 10.0. The van der Waals surface area contributed by atoms with Crippen molar-refractivity contribution in [3.8, 4) is 5.75 Å². The summed E-state index contributed by atoms with van der Waals surface area (Å²) < 4.78 is 5.08. The van der Waals surface area contributed by atoms with E-state index in [1.807, 2.05) is 6.92 Å². The van der Waals surface area contributed by atoms with E-state index in [0.717, 1.165) is 5.56 Å². The van der Waals surface area contributed by atoms with Crippen molar-refractivity contribution in [3.05, 3.63) is 23.3 Å². The zero-order chi connectivity index (χ0) is 10.0. The number of Topliss-reactive ketones (excluding diaryl/α,β-unsaturated/α-hetero) is 1. The molecule has 3 heteroatoms. The van der Waals surface area contributed by atoms with E-state index in [0.29, 0.717) is 17.0 Å². The molecular weight excluding hydrogens is 166 g/mol. The molecule has 1 aromatic rings. The summed E-state index contributed by atoms with van der Waals surface area (Å²) in [6, 6.07) is 3.44. The molecule has 3 nitrogen and oxygen atoms in total. The van der Waals surface area contributed by atoms with Crippen molar-refractivity contribution >= 4 is 11.5 Å². The molecular formula is C10H13NO2. The van der Waals surface area contributed by atoms with Crippen molar-refractivity contribution in [1.29, 1.82) is 0 Å². The lowest BCUT2D eigenvalue weighted by Gasteiger charge is -2.10. The van der Waals surface area contributed by atoms with Gasteiger partial charge in [-0.25, -0.2) is 0 Å². The molecule has 0 saturated carbocycles. The second-order valence-electron chi connectivity index (χ2n) is 2.91. The third kappa shape index (κ3) is 1.64. The highest BCUT2D eigenvalue weighted by molar-refractivity contribution is 6.01. The molecule has 0 aliphatic carbocycles. The number of carbonyl (C=O) groups is 1. The fourth-order valence-electron chi connectivity index (χ4n) is 1.40. The highest BCUT2D eigenvalue weighted by Gasteiger charge is 2.11. The quantitative estimate of drug-likeness (QED) is 0.556. The van der Waals surface area contributed by atoms with E-state index in [9.17, 15) is 4.79 Å². The Morgan fingerprint density at radius 3 is 2.54 bits per heavy atom. The van der Waals surface area contributed by atoms with Crippen LogP contribution in [0.4, 0.5) is 5.69 Å². The molecule has 0 aromatic heterocycles. The lowest BCUT2D eigenvalue weighted by molar-refractivity contribution is 0.101. The summed E-state index contributed by atoms with van der Waals surface area (Å²) in [6.07, 6.45) is 0. The van der Waals surface area contributed by atoms with Gasteiger partial charge in [0.25, 0.3) is 0 Å². The van der Waals surface area contributed by atoms with Crippen molar-refractivity contribution in [1.82, 2.24) is 0 Å². The van der Waals surface area contributed by atoms with Crippen LogP contribution in [-0.4, -0.2) is 12.9 Å². The molecule has 0 unspecified atom stereocenters. The van der Waals surface area contributed by atoms with Crippen LogP contribution in [0.25, 0.3) is 0 Å². The average Bonchev–Trinajstić information content (AvgIpc) is 2.04. The van der Waals surface area contributed by atoms with Gasteiger partial charge >= 0.3 is 0 Å². The van der Waals surface area contributed by atoms with Gasteiger partial charge in [-0.15, -0.1) is 0 Å². The predicted octanol–water partition coefficient (Wildman–Crippen LogP) is 1.79. The van der Waals surface area contributed by atoms with Crippen LogP contribution in [0.15, 0.2) is 12.1 Å². The number of methoxy groups -OCH3 is 1. The molecule has 0 fully saturated rings. The highest BCUT2D eigenvalue weighted by atomic mass is 16.5. The van der Waals surface area contributed by atoms with Crippen LogP contribution in [0.2, 0.25) is 0 Å². The number of ether oxygens (including phenoxy) is 1. The number of benzene rings is 1. The number of ketones is 1. The predicted molar refractivity (Wildman–Crippen MR) is 52.1 cm³/mol. The molecule has 1 rings (SSSR count). The molecule has 0 saturated heterocycles. The topological polar surface area (TPSA) is 52.3 Å².